The lowest BCUT2D eigenvalue weighted by atomic mass is 9.70. The molecule has 2 aliphatic carbocycles. The minimum Gasteiger partial charge on any atom is -0.457 e. The largest absolute Gasteiger partial charge is 0.457 e. The molecule has 1 atom stereocenters. The van der Waals surface area contributed by atoms with Crippen molar-refractivity contribution in [2.24, 2.45) is 5.41 Å². The highest BCUT2D eigenvalue weighted by atomic mass is 16.5. The average Bonchev–Trinajstić information content (AvgIpc) is 2.73. The van der Waals surface area contributed by atoms with Gasteiger partial charge in [-0.25, -0.2) is 0 Å². The third kappa shape index (κ3) is 2.61. The zero-order valence-corrected chi connectivity index (χ0v) is 13.4. The van der Waals surface area contributed by atoms with Gasteiger partial charge in [-0.2, -0.15) is 0 Å². The monoisotopic (exact) mass is 286 g/mol. The van der Waals surface area contributed by atoms with E-state index in [1.807, 2.05) is 20.8 Å². The first-order chi connectivity index (χ1) is 9.92. The van der Waals surface area contributed by atoms with Crippen LogP contribution < -0.4 is 0 Å². The number of hydrogen-bond donors (Lipinski definition) is 0. The molecule has 2 heteroatoms. The van der Waals surface area contributed by atoms with Gasteiger partial charge in [-0.1, -0.05) is 43.5 Å². The second-order valence-electron chi connectivity index (χ2n) is 7.78. The standard InChI is InChI=1S/C19H26O2/c1-18(2,3)17(20)21-16-13-19(11-7-4-8-12-19)15-10-6-5-9-14(15)16/h5-6,9-10,16H,4,7-8,11-13H2,1-3H3. The molecule has 0 aliphatic heterocycles. The van der Waals surface area contributed by atoms with Crippen LogP contribution in [0.15, 0.2) is 24.3 Å². The van der Waals surface area contributed by atoms with E-state index < -0.39 is 5.41 Å². The van der Waals surface area contributed by atoms with Gasteiger partial charge in [0.15, 0.2) is 0 Å². The topological polar surface area (TPSA) is 26.3 Å². The first-order valence-corrected chi connectivity index (χ1v) is 8.23. The fraction of sp³-hybridized carbons (Fsp3) is 0.632. The smallest absolute Gasteiger partial charge is 0.311 e. The summed E-state index contributed by atoms with van der Waals surface area (Å²) in [6.45, 7) is 5.77. The van der Waals surface area contributed by atoms with Gasteiger partial charge in [0, 0.05) is 0 Å². The van der Waals surface area contributed by atoms with E-state index >= 15 is 0 Å². The molecular weight excluding hydrogens is 260 g/mol. The summed E-state index contributed by atoms with van der Waals surface area (Å²) >= 11 is 0. The minimum absolute atomic E-state index is 0.0500. The van der Waals surface area contributed by atoms with E-state index in [4.69, 9.17) is 4.74 Å². The molecule has 0 aromatic heterocycles. The van der Waals surface area contributed by atoms with Crippen molar-refractivity contribution in [1.29, 1.82) is 0 Å². The number of carbonyl (C=O) groups excluding carboxylic acids is 1. The van der Waals surface area contributed by atoms with Crippen LogP contribution in [-0.2, 0) is 14.9 Å². The molecule has 114 valence electrons. The lowest BCUT2D eigenvalue weighted by Gasteiger charge is -2.34. The van der Waals surface area contributed by atoms with E-state index in [0.717, 1.165) is 6.42 Å². The molecule has 1 aromatic rings. The fourth-order valence-electron chi connectivity index (χ4n) is 3.95. The molecule has 0 radical (unpaired) electrons. The fourth-order valence-corrected chi connectivity index (χ4v) is 3.95. The zero-order chi connectivity index (χ0) is 15.1. The highest BCUT2D eigenvalue weighted by molar-refractivity contribution is 5.75. The van der Waals surface area contributed by atoms with Crippen LogP contribution in [0.4, 0.5) is 0 Å². The Kier molecular flexibility index (Phi) is 3.59. The van der Waals surface area contributed by atoms with Gasteiger partial charge in [0.1, 0.15) is 6.10 Å². The Labute approximate surface area is 127 Å². The van der Waals surface area contributed by atoms with Gasteiger partial charge < -0.3 is 4.74 Å². The third-order valence-electron chi connectivity index (χ3n) is 5.13. The van der Waals surface area contributed by atoms with E-state index in [2.05, 4.69) is 24.3 Å². The normalized spacial score (nSPS) is 23.9. The summed E-state index contributed by atoms with van der Waals surface area (Å²) in [6, 6.07) is 8.60. The maximum atomic E-state index is 12.3. The van der Waals surface area contributed by atoms with Crippen molar-refractivity contribution in [3.8, 4) is 0 Å². The van der Waals surface area contributed by atoms with Crippen LogP contribution in [-0.4, -0.2) is 5.97 Å². The van der Waals surface area contributed by atoms with Gasteiger partial charge in [-0.15, -0.1) is 0 Å². The molecule has 0 saturated heterocycles. The molecule has 1 saturated carbocycles. The summed E-state index contributed by atoms with van der Waals surface area (Å²) in [5.41, 5.74) is 2.52. The van der Waals surface area contributed by atoms with Gasteiger partial charge in [0.25, 0.3) is 0 Å². The summed E-state index contributed by atoms with van der Waals surface area (Å²) in [5.74, 6) is -0.0878. The maximum absolute atomic E-state index is 12.3. The molecule has 2 aliphatic rings. The summed E-state index contributed by atoms with van der Waals surface area (Å²) < 4.78 is 5.89. The number of rotatable bonds is 1. The van der Waals surface area contributed by atoms with Gasteiger partial charge in [0.2, 0.25) is 0 Å². The average molecular weight is 286 g/mol. The van der Waals surface area contributed by atoms with Crippen LogP contribution in [0.25, 0.3) is 0 Å². The molecule has 1 aromatic carbocycles. The molecule has 0 N–H and O–H groups in total. The number of carbonyl (C=O) groups is 1. The van der Waals surface area contributed by atoms with Crippen LogP contribution in [0, 0.1) is 5.41 Å². The van der Waals surface area contributed by atoms with Gasteiger partial charge in [-0.05, 0) is 56.6 Å². The van der Waals surface area contributed by atoms with E-state index in [0.29, 0.717) is 0 Å². The number of hydrogen-bond acceptors (Lipinski definition) is 2. The quantitative estimate of drug-likeness (QED) is 0.685. The van der Waals surface area contributed by atoms with Crippen molar-refractivity contribution in [2.45, 2.75) is 70.8 Å². The molecular formula is C19H26O2. The number of esters is 1. The van der Waals surface area contributed by atoms with Crippen molar-refractivity contribution >= 4 is 5.97 Å². The Morgan fingerprint density at radius 1 is 1.14 bits per heavy atom. The first kappa shape index (κ1) is 14.6. The highest BCUT2D eigenvalue weighted by Gasteiger charge is 2.46. The van der Waals surface area contributed by atoms with E-state index in [1.54, 1.807) is 0 Å². The summed E-state index contributed by atoms with van der Waals surface area (Å²) in [6.07, 6.45) is 7.36. The Hall–Kier alpha value is -1.31. The van der Waals surface area contributed by atoms with Crippen molar-refractivity contribution < 1.29 is 9.53 Å². The minimum atomic E-state index is -0.433. The molecule has 0 amide bonds. The number of fused-ring (bicyclic) bond motifs is 2. The molecule has 1 spiro atoms. The second-order valence-corrected chi connectivity index (χ2v) is 7.78. The lowest BCUT2D eigenvalue weighted by Crippen LogP contribution is -2.28. The Balaban J connectivity index is 1.89. The van der Waals surface area contributed by atoms with Gasteiger partial charge in [0.05, 0.1) is 5.41 Å². The number of benzene rings is 1. The highest BCUT2D eigenvalue weighted by Crippen LogP contribution is 2.54. The van der Waals surface area contributed by atoms with E-state index in [9.17, 15) is 4.79 Å². The van der Waals surface area contributed by atoms with Crippen LogP contribution >= 0.6 is 0 Å². The van der Waals surface area contributed by atoms with Crippen molar-refractivity contribution in [3.05, 3.63) is 35.4 Å². The lowest BCUT2D eigenvalue weighted by molar-refractivity contribution is -0.159. The van der Waals surface area contributed by atoms with Crippen LogP contribution in [0.3, 0.4) is 0 Å². The SMILES string of the molecule is CC(C)(C)C(=O)OC1CC2(CCCCC2)c2ccccc21. The first-order valence-electron chi connectivity index (χ1n) is 8.23. The molecule has 0 bridgehead atoms. The van der Waals surface area contributed by atoms with Gasteiger partial charge >= 0.3 is 5.97 Å². The third-order valence-corrected chi connectivity index (χ3v) is 5.13. The van der Waals surface area contributed by atoms with Crippen LogP contribution in [0.5, 0.6) is 0 Å². The second kappa shape index (κ2) is 5.15. The molecule has 2 nitrogen and oxygen atoms in total. The Bertz CT molecular complexity index is 533. The summed E-state index contributed by atoms with van der Waals surface area (Å²) in [5, 5.41) is 0. The molecule has 1 fully saturated rings. The van der Waals surface area contributed by atoms with Crippen LogP contribution in [0.1, 0.15) is 76.5 Å². The van der Waals surface area contributed by atoms with Crippen molar-refractivity contribution in [1.82, 2.24) is 0 Å². The zero-order valence-electron chi connectivity index (χ0n) is 13.4. The Morgan fingerprint density at radius 3 is 2.48 bits per heavy atom. The number of ether oxygens (including phenoxy) is 1. The van der Waals surface area contributed by atoms with Crippen LogP contribution in [0.2, 0.25) is 0 Å². The Morgan fingerprint density at radius 2 is 1.81 bits per heavy atom. The van der Waals surface area contributed by atoms with Crippen molar-refractivity contribution in [2.75, 3.05) is 0 Å². The summed E-state index contributed by atoms with van der Waals surface area (Å²) in [4.78, 5) is 12.3. The molecule has 21 heavy (non-hydrogen) atoms. The van der Waals surface area contributed by atoms with Gasteiger partial charge in [-0.3, -0.25) is 4.79 Å². The maximum Gasteiger partial charge on any atom is 0.311 e. The predicted octanol–water partition coefficient (Wildman–Crippen LogP) is 4.92. The van der Waals surface area contributed by atoms with E-state index in [-0.39, 0.29) is 17.5 Å². The molecule has 3 rings (SSSR count). The van der Waals surface area contributed by atoms with Crippen molar-refractivity contribution in [3.63, 3.8) is 0 Å². The summed E-state index contributed by atoms with van der Waals surface area (Å²) in [7, 11) is 0. The molecule has 1 unspecified atom stereocenters. The molecule has 0 heterocycles. The van der Waals surface area contributed by atoms with E-state index in [1.165, 1.54) is 43.2 Å². The predicted molar refractivity (Wildman–Crippen MR) is 84.1 cm³/mol.